The third kappa shape index (κ3) is 5.68. The van der Waals surface area contributed by atoms with E-state index in [1.54, 1.807) is 4.90 Å². The normalized spacial score (nSPS) is 13.7. The van der Waals surface area contributed by atoms with Gasteiger partial charge in [0.05, 0.1) is 18.5 Å². The molecule has 1 aliphatic rings. The Balaban J connectivity index is 2.07. The number of ether oxygens (including phenoxy) is 1. The number of benzene rings is 1. The molecule has 0 bridgehead atoms. The second-order valence-electron chi connectivity index (χ2n) is 6.28. The maximum Gasteiger partial charge on any atom is 0.307 e. The smallest absolute Gasteiger partial charge is 0.307 e. The Morgan fingerprint density at radius 2 is 1.92 bits per heavy atom. The lowest BCUT2D eigenvalue weighted by Crippen LogP contribution is -2.34. The standard InChI is InChI=1S/C19H24N2O5/c1-26-18(22)12-14-20(13-11-15-5-3-2-4-6-15)19(23)16-7-9-17(10-8-16)21(24)25/h5,7-10H,2-4,6,11-14H2,1H3. The van der Waals surface area contributed by atoms with Gasteiger partial charge in [0, 0.05) is 30.8 Å². The first-order valence-corrected chi connectivity index (χ1v) is 8.79. The fourth-order valence-corrected chi connectivity index (χ4v) is 2.96. The van der Waals surface area contributed by atoms with Gasteiger partial charge in [0.15, 0.2) is 0 Å². The van der Waals surface area contributed by atoms with Gasteiger partial charge in [-0.2, -0.15) is 0 Å². The average molecular weight is 360 g/mol. The molecule has 0 radical (unpaired) electrons. The van der Waals surface area contributed by atoms with Gasteiger partial charge in [-0.15, -0.1) is 0 Å². The minimum absolute atomic E-state index is 0.0602. The molecule has 26 heavy (non-hydrogen) atoms. The van der Waals surface area contributed by atoms with Crippen LogP contribution in [0.25, 0.3) is 0 Å². The van der Waals surface area contributed by atoms with E-state index < -0.39 is 4.92 Å². The lowest BCUT2D eigenvalue weighted by atomic mass is 9.97. The highest BCUT2D eigenvalue weighted by atomic mass is 16.6. The first kappa shape index (κ1) is 19.6. The Morgan fingerprint density at radius 1 is 1.19 bits per heavy atom. The van der Waals surface area contributed by atoms with Gasteiger partial charge in [-0.25, -0.2) is 0 Å². The number of nitro groups is 1. The summed E-state index contributed by atoms with van der Waals surface area (Å²) in [4.78, 5) is 36.1. The minimum atomic E-state index is -0.501. The van der Waals surface area contributed by atoms with Crippen LogP contribution in [0, 0.1) is 10.1 Å². The largest absolute Gasteiger partial charge is 0.469 e. The fourth-order valence-electron chi connectivity index (χ4n) is 2.96. The van der Waals surface area contributed by atoms with Gasteiger partial charge in [-0.1, -0.05) is 11.6 Å². The zero-order valence-corrected chi connectivity index (χ0v) is 15.0. The lowest BCUT2D eigenvalue weighted by Gasteiger charge is -2.24. The van der Waals surface area contributed by atoms with Crippen LogP contribution in [0.1, 0.15) is 48.9 Å². The summed E-state index contributed by atoms with van der Waals surface area (Å²) < 4.78 is 4.66. The van der Waals surface area contributed by atoms with Crippen LogP contribution in [0.3, 0.4) is 0 Å². The second-order valence-corrected chi connectivity index (χ2v) is 6.28. The number of methoxy groups -OCH3 is 1. The van der Waals surface area contributed by atoms with Gasteiger partial charge < -0.3 is 9.64 Å². The SMILES string of the molecule is COC(=O)CCN(CCC1=CCCCC1)C(=O)c1ccc([N+](=O)[O-])cc1. The summed E-state index contributed by atoms with van der Waals surface area (Å²) in [5.74, 6) is -0.608. The van der Waals surface area contributed by atoms with Crippen molar-refractivity contribution in [3.8, 4) is 0 Å². The predicted molar refractivity (Wildman–Crippen MR) is 96.8 cm³/mol. The van der Waals surface area contributed by atoms with Gasteiger partial charge in [-0.3, -0.25) is 19.7 Å². The molecule has 0 unspecified atom stereocenters. The molecule has 140 valence electrons. The van der Waals surface area contributed by atoms with Crippen LogP contribution in [-0.4, -0.2) is 41.9 Å². The Bertz CT molecular complexity index is 682. The number of amides is 1. The van der Waals surface area contributed by atoms with E-state index in [0.29, 0.717) is 12.1 Å². The Morgan fingerprint density at radius 3 is 2.50 bits per heavy atom. The first-order chi connectivity index (χ1) is 12.5. The minimum Gasteiger partial charge on any atom is -0.469 e. The number of hydrogen-bond acceptors (Lipinski definition) is 5. The Hall–Kier alpha value is -2.70. The Kier molecular flexibility index (Phi) is 7.32. The van der Waals surface area contributed by atoms with Crippen molar-refractivity contribution in [3.63, 3.8) is 0 Å². The van der Waals surface area contributed by atoms with Crippen molar-refractivity contribution < 1.29 is 19.2 Å². The summed E-state index contributed by atoms with van der Waals surface area (Å²) in [6.45, 7) is 0.772. The van der Waals surface area contributed by atoms with Crippen molar-refractivity contribution in [2.75, 3.05) is 20.2 Å². The lowest BCUT2D eigenvalue weighted by molar-refractivity contribution is -0.384. The molecule has 7 nitrogen and oxygen atoms in total. The number of hydrogen-bond donors (Lipinski definition) is 0. The molecule has 2 rings (SSSR count). The van der Waals surface area contributed by atoms with E-state index in [1.807, 2.05) is 0 Å². The zero-order chi connectivity index (χ0) is 18.9. The monoisotopic (exact) mass is 360 g/mol. The van der Waals surface area contributed by atoms with Crippen molar-refractivity contribution in [1.82, 2.24) is 4.90 Å². The summed E-state index contributed by atoms with van der Waals surface area (Å²) >= 11 is 0. The number of carbonyl (C=O) groups is 2. The zero-order valence-electron chi connectivity index (χ0n) is 15.0. The maximum atomic E-state index is 12.8. The number of non-ortho nitro benzene ring substituents is 1. The molecule has 0 saturated carbocycles. The molecule has 0 fully saturated rings. The third-order valence-electron chi connectivity index (χ3n) is 4.51. The molecule has 1 aromatic carbocycles. The molecule has 1 aromatic rings. The topological polar surface area (TPSA) is 89.8 Å². The Labute approximate surface area is 152 Å². The van der Waals surface area contributed by atoms with Crippen LogP contribution < -0.4 is 0 Å². The van der Waals surface area contributed by atoms with Gasteiger partial charge in [0.1, 0.15) is 0 Å². The quantitative estimate of drug-likeness (QED) is 0.306. The van der Waals surface area contributed by atoms with E-state index in [9.17, 15) is 19.7 Å². The first-order valence-electron chi connectivity index (χ1n) is 8.79. The molecule has 1 amide bonds. The van der Waals surface area contributed by atoms with E-state index in [2.05, 4.69) is 10.8 Å². The van der Waals surface area contributed by atoms with Gasteiger partial charge in [0.2, 0.25) is 0 Å². The van der Waals surface area contributed by atoms with Crippen LogP contribution >= 0.6 is 0 Å². The van der Waals surface area contributed by atoms with E-state index in [0.717, 1.165) is 19.3 Å². The summed E-state index contributed by atoms with van der Waals surface area (Å²) in [5, 5.41) is 10.8. The predicted octanol–water partition coefficient (Wildman–Crippen LogP) is 3.49. The number of rotatable bonds is 8. The molecule has 0 heterocycles. The van der Waals surface area contributed by atoms with Crippen LogP contribution in [0.4, 0.5) is 5.69 Å². The van der Waals surface area contributed by atoms with Crippen LogP contribution in [0.15, 0.2) is 35.9 Å². The maximum absolute atomic E-state index is 12.8. The third-order valence-corrected chi connectivity index (χ3v) is 4.51. The molecule has 0 atom stereocenters. The number of esters is 1. The average Bonchev–Trinajstić information content (AvgIpc) is 2.68. The van der Waals surface area contributed by atoms with Crippen LogP contribution in [0.2, 0.25) is 0 Å². The van der Waals surface area contributed by atoms with Gasteiger partial charge in [-0.05, 0) is 44.2 Å². The number of allylic oxidation sites excluding steroid dienone is 1. The highest BCUT2D eigenvalue weighted by Crippen LogP contribution is 2.21. The number of nitro benzene ring substituents is 1. The summed E-state index contributed by atoms with van der Waals surface area (Å²) in [7, 11) is 1.32. The highest BCUT2D eigenvalue weighted by Gasteiger charge is 2.19. The van der Waals surface area contributed by atoms with Crippen molar-refractivity contribution >= 4 is 17.6 Å². The number of nitrogens with zero attached hydrogens (tertiary/aromatic N) is 2. The van der Waals surface area contributed by atoms with Crippen LogP contribution in [-0.2, 0) is 9.53 Å². The van der Waals surface area contributed by atoms with E-state index >= 15 is 0 Å². The van der Waals surface area contributed by atoms with Crippen molar-refractivity contribution in [2.24, 2.45) is 0 Å². The molecule has 1 aliphatic carbocycles. The summed E-state index contributed by atoms with van der Waals surface area (Å²) in [6.07, 6.45) is 7.64. The second kappa shape index (κ2) is 9.70. The van der Waals surface area contributed by atoms with Crippen molar-refractivity contribution in [3.05, 3.63) is 51.6 Å². The van der Waals surface area contributed by atoms with E-state index in [1.165, 1.54) is 49.8 Å². The van der Waals surface area contributed by atoms with Crippen LogP contribution in [0.5, 0.6) is 0 Å². The molecule has 7 heteroatoms. The van der Waals surface area contributed by atoms with Crippen molar-refractivity contribution in [1.29, 1.82) is 0 Å². The molecule has 0 aliphatic heterocycles. The molecule has 0 saturated heterocycles. The van der Waals surface area contributed by atoms with Crippen molar-refractivity contribution in [2.45, 2.75) is 38.5 Å². The highest BCUT2D eigenvalue weighted by molar-refractivity contribution is 5.94. The van der Waals surface area contributed by atoms with E-state index in [4.69, 9.17) is 0 Å². The molecular formula is C19H24N2O5. The fraction of sp³-hybridized carbons (Fsp3) is 0.474. The van der Waals surface area contributed by atoms with Gasteiger partial charge in [0.25, 0.3) is 11.6 Å². The van der Waals surface area contributed by atoms with E-state index in [-0.39, 0.29) is 30.5 Å². The molecular weight excluding hydrogens is 336 g/mol. The number of carbonyl (C=O) groups excluding carboxylic acids is 2. The summed E-state index contributed by atoms with van der Waals surface area (Å²) in [5.41, 5.74) is 1.66. The molecule has 0 spiro atoms. The molecule has 0 aromatic heterocycles. The van der Waals surface area contributed by atoms with Gasteiger partial charge >= 0.3 is 5.97 Å². The molecule has 0 N–H and O–H groups in total. The summed E-state index contributed by atoms with van der Waals surface area (Å²) in [6, 6.07) is 5.53.